The number of nitrogens with one attached hydrogen (secondary N) is 1. The molecular weight excluding hydrogens is 330 g/mol. The molecule has 0 saturated heterocycles. The van der Waals surface area contributed by atoms with E-state index < -0.39 is 5.97 Å². The molecule has 0 aliphatic rings. The van der Waals surface area contributed by atoms with E-state index in [9.17, 15) is 4.79 Å². The van der Waals surface area contributed by atoms with Crippen molar-refractivity contribution in [2.45, 2.75) is 26.3 Å². The molecule has 0 atom stereocenters. The van der Waals surface area contributed by atoms with Crippen LogP contribution in [-0.2, 0) is 6.54 Å². The Morgan fingerprint density at radius 3 is 2.57 bits per heavy atom. The molecule has 0 spiro atoms. The highest BCUT2D eigenvalue weighted by molar-refractivity contribution is 9.10. The molecule has 0 saturated carbocycles. The summed E-state index contributed by atoms with van der Waals surface area (Å²) in [5.74, 6) is -0.466. The lowest BCUT2D eigenvalue weighted by molar-refractivity contribution is 0.0697. The fourth-order valence-corrected chi connectivity index (χ4v) is 2.69. The van der Waals surface area contributed by atoms with Crippen molar-refractivity contribution < 1.29 is 9.90 Å². The standard InChI is InChI=1S/C17H18BrNO2/c1-11(2)14-5-3-4-6-16(14)19-10-13-8-7-12(17(20)21)9-15(13)18/h3-9,11,19H,10H2,1-2H3,(H,20,21). The van der Waals surface area contributed by atoms with E-state index in [-0.39, 0.29) is 5.56 Å². The van der Waals surface area contributed by atoms with E-state index in [0.29, 0.717) is 12.5 Å². The summed E-state index contributed by atoms with van der Waals surface area (Å²) >= 11 is 3.43. The van der Waals surface area contributed by atoms with Crippen molar-refractivity contribution in [2.75, 3.05) is 5.32 Å². The fraction of sp³-hybridized carbons (Fsp3) is 0.235. The van der Waals surface area contributed by atoms with E-state index in [1.54, 1.807) is 12.1 Å². The minimum atomic E-state index is -0.916. The molecule has 0 aliphatic heterocycles. The predicted molar refractivity (Wildman–Crippen MR) is 89.0 cm³/mol. The summed E-state index contributed by atoms with van der Waals surface area (Å²) in [7, 11) is 0. The number of aromatic carboxylic acids is 1. The molecule has 0 fully saturated rings. The monoisotopic (exact) mass is 347 g/mol. The maximum atomic E-state index is 10.9. The third kappa shape index (κ3) is 3.85. The Labute approximate surface area is 133 Å². The number of benzene rings is 2. The van der Waals surface area contributed by atoms with Crippen LogP contribution in [0, 0.1) is 0 Å². The lowest BCUT2D eigenvalue weighted by Gasteiger charge is -2.15. The van der Waals surface area contributed by atoms with Crippen LogP contribution in [0.15, 0.2) is 46.9 Å². The van der Waals surface area contributed by atoms with Crippen molar-refractivity contribution in [1.29, 1.82) is 0 Å². The van der Waals surface area contributed by atoms with E-state index in [0.717, 1.165) is 15.7 Å². The van der Waals surface area contributed by atoms with Crippen molar-refractivity contribution in [2.24, 2.45) is 0 Å². The third-order valence-electron chi connectivity index (χ3n) is 3.35. The highest BCUT2D eigenvalue weighted by Gasteiger charge is 2.08. The van der Waals surface area contributed by atoms with Crippen molar-refractivity contribution >= 4 is 27.6 Å². The third-order valence-corrected chi connectivity index (χ3v) is 4.09. The van der Waals surface area contributed by atoms with Gasteiger partial charge in [-0.2, -0.15) is 0 Å². The first-order chi connectivity index (χ1) is 9.99. The summed E-state index contributed by atoms with van der Waals surface area (Å²) in [6, 6.07) is 13.3. The summed E-state index contributed by atoms with van der Waals surface area (Å²) in [5, 5.41) is 12.4. The van der Waals surface area contributed by atoms with Crippen molar-refractivity contribution in [1.82, 2.24) is 0 Å². The van der Waals surface area contributed by atoms with Gasteiger partial charge in [-0.05, 0) is 35.2 Å². The number of carboxylic acid groups (broad SMARTS) is 1. The highest BCUT2D eigenvalue weighted by atomic mass is 79.9. The van der Waals surface area contributed by atoms with Gasteiger partial charge in [-0.3, -0.25) is 0 Å². The molecule has 2 N–H and O–H groups in total. The largest absolute Gasteiger partial charge is 0.478 e. The number of para-hydroxylation sites is 1. The van der Waals surface area contributed by atoms with E-state index in [1.807, 2.05) is 18.2 Å². The maximum absolute atomic E-state index is 10.9. The number of carbonyl (C=O) groups is 1. The van der Waals surface area contributed by atoms with Crippen LogP contribution in [0.3, 0.4) is 0 Å². The van der Waals surface area contributed by atoms with E-state index >= 15 is 0 Å². The van der Waals surface area contributed by atoms with Gasteiger partial charge in [-0.25, -0.2) is 4.79 Å². The molecule has 0 aromatic heterocycles. The maximum Gasteiger partial charge on any atom is 0.335 e. The highest BCUT2D eigenvalue weighted by Crippen LogP contribution is 2.25. The summed E-state index contributed by atoms with van der Waals surface area (Å²) in [4.78, 5) is 10.9. The Hall–Kier alpha value is -1.81. The lowest BCUT2D eigenvalue weighted by Crippen LogP contribution is -2.05. The van der Waals surface area contributed by atoms with Crippen molar-refractivity contribution in [3.05, 3.63) is 63.6 Å². The smallest absolute Gasteiger partial charge is 0.335 e. The molecule has 21 heavy (non-hydrogen) atoms. The van der Waals surface area contributed by atoms with Crippen molar-refractivity contribution in [3.63, 3.8) is 0 Å². The van der Waals surface area contributed by atoms with Gasteiger partial charge in [0, 0.05) is 16.7 Å². The zero-order chi connectivity index (χ0) is 15.4. The summed E-state index contributed by atoms with van der Waals surface area (Å²) in [6.07, 6.45) is 0. The first-order valence-electron chi connectivity index (χ1n) is 6.83. The summed E-state index contributed by atoms with van der Waals surface area (Å²) in [5.41, 5.74) is 3.70. The van der Waals surface area contributed by atoms with Gasteiger partial charge in [0.05, 0.1) is 5.56 Å². The van der Waals surface area contributed by atoms with Gasteiger partial charge in [-0.1, -0.05) is 54.0 Å². The zero-order valence-electron chi connectivity index (χ0n) is 12.1. The van der Waals surface area contributed by atoms with Gasteiger partial charge >= 0.3 is 5.97 Å². The Kier molecular flexibility index (Phi) is 5.02. The topological polar surface area (TPSA) is 49.3 Å². The molecule has 3 nitrogen and oxygen atoms in total. The molecule has 2 aromatic rings. The number of carboxylic acids is 1. The number of rotatable bonds is 5. The molecule has 0 radical (unpaired) electrons. The molecule has 110 valence electrons. The second kappa shape index (κ2) is 6.76. The summed E-state index contributed by atoms with van der Waals surface area (Å²) in [6.45, 7) is 4.97. The zero-order valence-corrected chi connectivity index (χ0v) is 13.6. The van der Waals surface area contributed by atoms with Gasteiger partial charge in [0.1, 0.15) is 0 Å². The van der Waals surface area contributed by atoms with Crippen LogP contribution in [-0.4, -0.2) is 11.1 Å². The summed E-state index contributed by atoms with van der Waals surface area (Å²) < 4.78 is 0.803. The minimum absolute atomic E-state index is 0.285. The Morgan fingerprint density at radius 1 is 1.24 bits per heavy atom. The average Bonchev–Trinajstić information content (AvgIpc) is 2.46. The first kappa shape index (κ1) is 15.6. The van der Waals surface area contributed by atoms with Crippen LogP contribution in [0.1, 0.15) is 41.3 Å². The van der Waals surface area contributed by atoms with Crippen LogP contribution in [0.5, 0.6) is 0 Å². The van der Waals surface area contributed by atoms with Crippen LogP contribution in [0.2, 0.25) is 0 Å². The van der Waals surface area contributed by atoms with Crippen LogP contribution in [0.25, 0.3) is 0 Å². The second-order valence-electron chi connectivity index (χ2n) is 5.21. The first-order valence-corrected chi connectivity index (χ1v) is 7.63. The van der Waals surface area contributed by atoms with Crippen LogP contribution >= 0.6 is 15.9 Å². The van der Waals surface area contributed by atoms with Gasteiger partial charge in [0.15, 0.2) is 0 Å². The Morgan fingerprint density at radius 2 is 1.95 bits per heavy atom. The molecule has 2 rings (SSSR count). The molecule has 4 heteroatoms. The SMILES string of the molecule is CC(C)c1ccccc1NCc1ccc(C(=O)O)cc1Br. The molecule has 0 heterocycles. The Balaban J connectivity index is 2.15. The Bertz CT molecular complexity index is 653. The van der Waals surface area contributed by atoms with Crippen LogP contribution < -0.4 is 5.32 Å². The number of hydrogen-bond donors (Lipinski definition) is 2. The van der Waals surface area contributed by atoms with Gasteiger partial charge in [0.2, 0.25) is 0 Å². The predicted octanol–water partition coefficient (Wildman–Crippen LogP) is 4.88. The average molecular weight is 348 g/mol. The molecule has 0 unspecified atom stereocenters. The van der Waals surface area contributed by atoms with E-state index in [4.69, 9.17) is 5.11 Å². The quantitative estimate of drug-likeness (QED) is 0.809. The molecule has 2 aromatic carbocycles. The number of anilines is 1. The normalized spacial score (nSPS) is 10.7. The molecule has 0 aliphatic carbocycles. The lowest BCUT2D eigenvalue weighted by atomic mass is 10.0. The molecule has 0 amide bonds. The molecule has 0 bridgehead atoms. The second-order valence-corrected chi connectivity index (χ2v) is 6.06. The van der Waals surface area contributed by atoms with Crippen molar-refractivity contribution in [3.8, 4) is 0 Å². The minimum Gasteiger partial charge on any atom is -0.478 e. The number of halogens is 1. The van der Waals surface area contributed by atoms with E-state index in [2.05, 4.69) is 47.2 Å². The molecular formula is C17H18BrNO2. The van der Waals surface area contributed by atoms with Gasteiger partial charge in [-0.15, -0.1) is 0 Å². The number of hydrogen-bond acceptors (Lipinski definition) is 2. The fourth-order valence-electron chi connectivity index (χ4n) is 2.18. The van der Waals surface area contributed by atoms with Crippen LogP contribution in [0.4, 0.5) is 5.69 Å². The van der Waals surface area contributed by atoms with Gasteiger partial charge in [0.25, 0.3) is 0 Å². The van der Waals surface area contributed by atoms with E-state index in [1.165, 1.54) is 5.56 Å². The van der Waals surface area contributed by atoms with Gasteiger partial charge < -0.3 is 10.4 Å².